The zero-order valence-corrected chi connectivity index (χ0v) is 15.6. The second-order valence-corrected chi connectivity index (χ2v) is 6.10. The minimum Gasteiger partial charge on any atom is -0.493 e. The molecular weight excluding hydrogens is 366 g/mol. The third kappa shape index (κ3) is 4.28. The van der Waals surface area contributed by atoms with Crippen LogP contribution in [-0.2, 0) is 4.79 Å². The standard InChI is InChI=1S/C20H21NO7/c1-25-15-5-3-12(9-17(15)26-2)14(11-19(22)23)21-20(24)13-4-6-16-18(10-13)28-8-7-27-16/h3-6,9-10,14H,7-8,11H2,1-2H3,(H,21,24)(H,22,23). The van der Waals surface area contributed by atoms with Gasteiger partial charge in [0, 0.05) is 5.56 Å². The predicted molar refractivity (Wildman–Crippen MR) is 99.4 cm³/mol. The molecule has 148 valence electrons. The van der Waals surface area contributed by atoms with Crippen LogP contribution in [0, 0.1) is 0 Å². The van der Waals surface area contributed by atoms with Crippen LogP contribution in [0.5, 0.6) is 23.0 Å². The van der Waals surface area contributed by atoms with Crippen LogP contribution in [0.1, 0.15) is 28.4 Å². The molecule has 1 atom stereocenters. The molecule has 2 aromatic carbocycles. The molecule has 0 fully saturated rings. The van der Waals surface area contributed by atoms with Gasteiger partial charge in [-0.15, -0.1) is 0 Å². The highest BCUT2D eigenvalue weighted by Crippen LogP contribution is 2.32. The number of nitrogens with one attached hydrogen (secondary N) is 1. The normalized spacial score (nSPS) is 13.4. The van der Waals surface area contributed by atoms with Gasteiger partial charge in [0.2, 0.25) is 0 Å². The van der Waals surface area contributed by atoms with Crippen molar-refractivity contribution < 1.29 is 33.6 Å². The van der Waals surface area contributed by atoms with E-state index in [1.165, 1.54) is 14.2 Å². The van der Waals surface area contributed by atoms with Crippen molar-refractivity contribution in [3.63, 3.8) is 0 Å². The van der Waals surface area contributed by atoms with Gasteiger partial charge in [-0.05, 0) is 35.9 Å². The summed E-state index contributed by atoms with van der Waals surface area (Å²) in [6.07, 6.45) is -0.286. The highest BCUT2D eigenvalue weighted by atomic mass is 16.6. The molecule has 1 unspecified atom stereocenters. The Labute approximate surface area is 162 Å². The van der Waals surface area contributed by atoms with E-state index in [0.29, 0.717) is 47.3 Å². The van der Waals surface area contributed by atoms with E-state index < -0.39 is 17.9 Å². The number of carboxylic acid groups (broad SMARTS) is 1. The lowest BCUT2D eigenvalue weighted by molar-refractivity contribution is -0.137. The Bertz CT molecular complexity index is 881. The molecule has 8 heteroatoms. The number of benzene rings is 2. The average molecular weight is 387 g/mol. The van der Waals surface area contributed by atoms with E-state index in [1.807, 2.05) is 0 Å². The van der Waals surface area contributed by atoms with E-state index in [2.05, 4.69) is 5.32 Å². The van der Waals surface area contributed by atoms with E-state index in [1.54, 1.807) is 36.4 Å². The smallest absolute Gasteiger partial charge is 0.305 e. The van der Waals surface area contributed by atoms with E-state index in [9.17, 15) is 14.7 Å². The van der Waals surface area contributed by atoms with Crippen molar-refractivity contribution in [1.29, 1.82) is 0 Å². The lowest BCUT2D eigenvalue weighted by Crippen LogP contribution is -2.30. The van der Waals surface area contributed by atoms with Crippen LogP contribution >= 0.6 is 0 Å². The number of ether oxygens (including phenoxy) is 4. The summed E-state index contributed by atoms with van der Waals surface area (Å²) in [5.41, 5.74) is 0.936. The van der Waals surface area contributed by atoms with Crippen molar-refractivity contribution in [3.05, 3.63) is 47.5 Å². The van der Waals surface area contributed by atoms with Gasteiger partial charge in [-0.3, -0.25) is 9.59 Å². The number of amides is 1. The van der Waals surface area contributed by atoms with E-state index in [4.69, 9.17) is 18.9 Å². The quantitative estimate of drug-likeness (QED) is 0.752. The first-order chi connectivity index (χ1) is 13.5. The number of carbonyl (C=O) groups excluding carboxylic acids is 1. The molecule has 0 radical (unpaired) electrons. The fourth-order valence-corrected chi connectivity index (χ4v) is 2.92. The fourth-order valence-electron chi connectivity index (χ4n) is 2.92. The second kappa shape index (κ2) is 8.51. The number of rotatable bonds is 7. The topological polar surface area (TPSA) is 103 Å². The monoisotopic (exact) mass is 387 g/mol. The van der Waals surface area contributed by atoms with Crippen molar-refractivity contribution in [3.8, 4) is 23.0 Å². The SMILES string of the molecule is COc1ccc(C(CC(=O)O)NC(=O)c2ccc3c(c2)OCCO3)cc1OC. The number of hydrogen-bond acceptors (Lipinski definition) is 6. The minimum atomic E-state index is -1.04. The number of carboxylic acids is 1. The molecule has 0 aliphatic carbocycles. The molecule has 0 saturated heterocycles. The molecule has 28 heavy (non-hydrogen) atoms. The Hall–Kier alpha value is -3.42. The van der Waals surface area contributed by atoms with Crippen molar-refractivity contribution in [2.45, 2.75) is 12.5 Å². The van der Waals surface area contributed by atoms with Gasteiger partial charge in [-0.1, -0.05) is 6.07 Å². The van der Waals surface area contributed by atoms with Gasteiger partial charge in [-0.2, -0.15) is 0 Å². The van der Waals surface area contributed by atoms with Gasteiger partial charge in [0.1, 0.15) is 13.2 Å². The van der Waals surface area contributed by atoms with Crippen LogP contribution < -0.4 is 24.3 Å². The van der Waals surface area contributed by atoms with Crippen LogP contribution in [-0.4, -0.2) is 44.4 Å². The predicted octanol–water partition coefficient (Wildman–Crippen LogP) is 2.42. The first-order valence-electron chi connectivity index (χ1n) is 8.66. The maximum atomic E-state index is 12.7. The van der Waals surface area contributed by atoms with E-state index in [0.717, 1.165) is 0 Å². The summed E-state index contributed by atoms with van der Waals surface area (Å²) in [7, 11) is 3.00. The lowest BCUT2D eigenvalue weighted by Gasteiger charge is -2.21. The number of aliphatic carboxylic acids is 1. The first-order valence-corrected chi connectivity index (χ1v) is 8.66. The Kier molecular flexibility index (Phi) is 5.88. The summed E-state index contributed by atoms with van der Waals surface area (Å²) in [6, 6.07) is 9.10. The van der Waals surface area contributed by atoms with Crippen LogP contribution in [0.4, 0.5) is 0 Å². The lowest BCUT2D eigenvalue weighted by atomic mass is 10.0. The van der Waals surface area contributed by atoms with Crippen LogP contribution in [0.15, 0.2) is 36.4 Å². The first kappa shape index (κ1) is 19.3. The number of carbonyl (C=O) groups is 2. The molecule has 1 heterocycles. The number of methoxy groups -OCH3 is 2. The zero-order chi connectivity index (χ0) is 20.1. The van der Waals surface area contributed by atoms with Gasteiger partial charge >= 0.3 is 5.97 Å². The van der Waals surface area contributed by atoms with Gasteiger partial charge in [0.05, 0.1) is 26.7 Å². The van der Waals surface area contributed by atoms with Crippen molar-refractivity contribution in [1.82, 2.24) is 5.32 Å². The summed E-state index contributed by atoms with van der Waals surface area (Å²) in [5, 5.41) is 12.0. The maximum Gasteiger partial charge on any atom is 0.305 e. The second-order valence-electron chi connectivity index (χ2n) is 6.10. The third-order valence-corrected chi connectivity index (χ3v) is 4.30. The average Bonchev–Trinajstić information content (AvgIpc) is 2.71. The summed E-state index contributed by atoms with van der Waals surface area (Å²) in [6.45, 7) is 0.865. The van der Waals surface area contributed by atoms with Crippen LogP contribution in [0.2, 0.25) is 0 Å². The third-order valence-electron chi connectivity index (χ3n) is 4.30. The summed E-state index contributed by atoms with van der Waals surface area (Å²) >= 11 is 0. The van der Waals surface area contributed by atoms with Gasteiger partial charge in [0.25, 0.3) is 5.91 Å². The van der Waals surface area contributed by atoms with Crippen molar-refractivity contribution in [2.24, 2.45) is 0 Å². The van der Waals surface area contributed by atoms with Crippen LogP contribution in [0.3, 0.4) is 0 Å². The summed E-state index contributed by atoms with van der Waals surface area (Å²) < 4.78 is 21.4. The zero-order valence-electron chi connectivity index (χ0n) is 15.6. The van der Waals surface area contributed by atoms with Crippen LogP contribution in [0.25, 0.3) is 0 Å². The maximum absolute atomic E-state index is 12.7. The molecule has 2 N–H and O–H groups in total. The van der Waals surface area contributed by atoms with Crippen molar-refractivity contribution >= 4 is 11.9 Å². The van der Waals surface area contributed by atoms with E-state index in [-0.39, 0.29) is 6.42 Å². The molecule has 0 bridgehead atoms. The van der Waals surface area contributed by atoms with E-state index >= 15 is 0 Å². The highest BCUT2D eigenvalue weighted by Gasteiger charge is 2.22. The Morgan fingerprint density at radius 2 is 1.75 bits per heavy atom. The van der Waals surface area contributed by atoms with Gasteiger partial charge in [0.15, 0.2) is 23.0 Å². The molecule has 2 aromatic rings. The number of fused-ring (bicyclic) bond motifs is 1. The molecule has 0 spiro atoms. The molecule has 1 aliphatic heterocycles. The van der Waals surface area contributed by atoms with Gasteiger partial charge in [-0.25, -0.2) is 0 Å². The largest absolute Gasteiger partial charge is 0.493 e. The van der Waals surface area contributed by atoms with Gasteiger partial charge < -0.3 is 29.4 Å². The fraction of sp³-hybridized carbons (Fsp3) is 0.300. The molecule has 0 aromatic heterocycles. The molecule has 0 saturated carbocycles. The number of hydrogen-bond donors (Lipinski definition) is 2. The molecular formula is C20H21NO7. The summed E-state index contributed by atoms with van der Waals surface area (Å²) in [4.78, 5) is 24.0. The highest BCUT2D eigenvalue weighted by molar-refractivity contribution is 5.95. The minimum absolute atomic E-state index is 0.286. The Morgan fingerprint density at radius 1 is 1.04 bits per heavy atom. The Balaban J connectivity index is 1.84. The molecule has 3 rings (SSSR count). The molecule has 1 aliphatic rings. The van der Waals surface area contributed by atoms with Crippen molar-refractivity contribution in [2.75, 3.05) is 27.4 Å². The summed E-state index contributed by atoms with van der Waals surface area (Å²) in [5.74, 6) is 0.562. The molecule has 1 amide bonds. The Morgan fingerprint density at radius 3 is 2.43 bits per heavy atom. The molecule has 8 nitrogen and oxygen atoms in total.